The number of ether oxygens (including phenoxy) is 2. The van der Waals surface area contributed by atoms with Gasteiger partial charge in [0.05, 0.1) is 19.1 Å². The maximum atomic E-state index is 12.4. The van der Waals surface area contributed by atoms with E-state index < -0.39 is 23.3 Å². The number of nitrogens with one attached hydrogen (secondary N) is 1. The number of hydrogen-bond donors (Lipinski definition) is 2. The number of amides is 1. The van der Waals surface area contributed by atoms with Crippen LogP contribution in [0.4, 0.5) is 0 Å². The summed E-state index contributed by atoms with van der Waals surface area (Å²) in [4.78, 5) is 23.5. The number of benzene rings is 1. The van der Waals surface area contributed by atoms with E-state index in [1.807, 2.05) is 0 Å². The van der Waals surface area contributed by atoms with Crippen LogP contribution in [-0.4, -0.2) is 43.9 Å². The van der Waals surface area contributed by atoms with Crippen LogP contribution >= 0.6 is 0 Å². The first-order valence-electron chi connectivity index (χ1n) is 6.50. The normalized spacial score (nSPS) is 12.6. The number of carboxylic acids is 1. The molecule has 0 aliphatic heterocycles. The van der Waals surface area contributed by atoms with Crippen molar-refractivity contribution in [2.75, 3.05) is 20.8 Å². The highest BCUT2D eigenvalue weighted by Gasteiger charge is 2.35. The molecule has 0 aromatic heterocycles. The van der Waals surface area contributed by atoms with Gasteiger partial charge in [0.25, 0.3) is 0 Å². The smallest absolute Gasteiger partial charge is 0.328 e. The van der Waals surface area contributed by atoms with Crippen molar-refractivity contribution in [1.82, 2.24) is 5.32 Å². The van der Waals surface area contributed by atoms with E-state index in [-0.39, 0.29) is 6.61 Å². The Hall–Kier alpha value is -2.08. The van der Waals surface area contributed by atoms with E-state index in [1.54, 1.807) is 38.1 Å². The summed E-state index contributed by atoms with van der Waals surface area (Å²) in [6, 6.07) is 6.06. The molecule has 0 spiro atoms. The van der Waals surface area contributed by atoms with Crippen molar-refractivity contribution in [3.05, 3.63) is 29.8 Å². The molecule has 1 aromatic rings. The Bertz CT molecular complexity index is 513. The molecule has 1 unspecified atom stereocenters. The molecular weight excluding hydrogens is 274 g/mol. The van der Waals surface area contributed by atoms with Gasteiger partial charge in [-0.05, 0) is 19.9 Å². The maximum absolute atomic E-state index is 12.4. The third-order valence-corrected chi connectivity index (χ3v) is 3.28. The third kappa shape index (κ3) is 3.95. The van der Waals surface area contributed by atoms with Gasteiger partial charge in [0.1, 0.15) is 5.75 Å². The van der Waals surface area contributed by atoms with Crippen molar-refractivity contribution in [2.24, 2.45) is 0 Å². The minimum absolute atomic E-state index is 0.0942. The average molecular weight is 295 g/mol. The van der Waals surface area contributed by atoms with Gasteiger partial charge >= 0.3 is 5.97 Å². The molecule has 2 N–H and O–H groups in total. The molecular formula is C15H21NO5. The van der Waals surface area contributed by atoms with Crippen LogP contribution in [0.2, 0.25) is 0 Å². The highest BCUT2D eigenvalue weighted by molar-refractivity contribution is 5.91. The zero-order chi connectivity index (χ0) is 16.0. The molecule has 6 nitrogen and oxygen atoms in total. The van der Waals surface area contributed by atoms with E-state index in [9.17, 15) is 9.59 Å². The molecule has 1 amide bonds. The molecule has 21 heavy (non-hydrogen) atoms. The van der Waals surface area contributed by atoms with Gasteiger partial charge in [0.15, 0.2) is 6.04 Å². The predicted molar refractivity (Wildman–Crippen MR) is 77.5 cm³/mol. The van der Waals surface area contributed by atoms with Gasteiger partial charge in [-0.3, -0.25) is 4.79 Å². The van der Waals surface area contributed by atoms with Crippen LogP contribution in [0.25, 0.3) is 0 Å². The number of rotatable bonds is 7. The number of carboxylic acid groups (broad SMARTS) is 1. The fraction of sp³-hybridized carbons (Fsp3) is 0.467. The molecule has 0 fully saturated rings. The van der Waals surface area contributed by atoms with Gasteiger partial charge in [-0.2, -0.15) is 0 Å². The Morgan fingerprint density at radius 2 is 1.90 bits per heavy atom. The Morgan fingerprint density at radius 3 is 2.43 bits per heavy atom. The summed E-state index contributed by atoms with van der Waals surface area (Å²) in [7, 11) is 2.91. The fourth-order valence-corrected chi connectivity index (χ4v) is 1.96. The van der Waals surface area contributed by atoms with Crippen LogP contribution in [0.1, 0.15) is 19.4 Å². The van der Waals surface area contributed by atoms with Crippen molar-refractivity contribution < 1.29 is 24.2 Å². The van der Waals surface area contributed by atoms with Gasteiger partial charge < -0.3 is 19.9 Å². The van der Waals surface area contributed by atoms with E-state index in [0.29, 0.717) is 11.3 Å². The van der Waals surface area contributed by atoms with Crippen molar-refractivity contribution in [3.8, 4) is 5.75 Å². The standard InChI is InChI=1S/C15H21NO5/c1-15(2,10-7-5-6-8-12(10)21-4)14(19)16-11(9-20-3)13(17)18/h5-8,11H,9H2,1-4H3,(H,16,19)(H,17,18). The topological polar surface area (TPSA) is 84.9 Å². The quantitative estimate of drug-likeness (QED) is 0.789. The van der Waals surface area contributed by atoms with Gasteiger partial charge in [0.2, 0.25) is 5.91 Å². The molecule has 1 aromatic carbocycles. The first-order valence-corrected chi connectivity index (χ1v) is 6.50. The summed E-state index contributed by atoms with van der Waals surface area (Å²) < 4.78 is 10.1. The largest absolute Gasteiger partial charge is 0.496 e. The molecule has 0 bridgehead atoms. The van der Waals surface area contributed by atoms with Gasteiger partial charge in [-0.15, -0.1) is 0 Å². The summed E-state index contributed by atoms with van der Waals surface area (Å²) >= 11 is 0. The zero-order valence-corrected chi connectivity index (χ0v) is 12.7. The third-order valence-electron chi connectivity index (χ3n) is 3.28. The van der Waals surface area contributed by atoms with Gasteiger partial charge in [-0.1, -0.05) is 18.2 Å². The SMILES string of the molecule is COCC(NC(=O)C(C)(C)c1ccccc1OC)C(=O)O. The molecule has 0 saturated carbocycles. The molecule has 1 atom stereocenters. The van der Waals surface area contributed by atoms with Crippen LogP contribution < -0.4 is 10.1 Å². The Labute approximate surface area is 124 Å². The summed E-state index contributed by atoms with van der Waals surface area (Å²) in [5.74, 6) is -0.964. The van der Waals surface area contributed by atoms with Crippen LogP contribution in [0.3, 0.4) is 0 Å². The minimum Gasteiger partial charge on any atom is -0.496 e. The van der Waals surface area contributed by atoms with Gasteiger partial charge in [-0.25, -0.2) is 4.79 Å². The number of para-hydroxylation sites is 1. The van der Waals surface area contributed by atoms with Crippen molar-refractivity contribution in [1.29, 1.82) is 0 Å². The minimum atomic E-state index is -1.14. The van der Waals surface area contributed by atoms with Gasteiger partial charge in [0, 0.05) is 12.7 Å². The lowest BCUT2D eigenvalue weighted by molar-refractivity contribution is -0.144. The Balaban J connectivity index is 3.00. The monoisotopic (exact) mass is 295 g/mol. The summed E-state index contributed by atoms with van der Waals surface area (Å²) in [5.41, 5.74) is -0.250. The lowest BCUT2D eigenvalue weighted by Gasteiger charge is -2.27. The number of hydrogen-bond acceptors (Lipinski definition) is 4. The van der Waals surface area contributed by atoms with Crippen molar-refractivity contribution >= 4 is 11.9 Å². The second-order valence-electron chi connectivity index (χ2n) is 5.14. The lowest BCUT2D eigenvalue weighted by Crippen LogP contribution is -2.50. The molecule has 0 radical (unpaired) electrons. The van der Waals surface area contributed by atoms with E-state index in [1.165, 1.54) is 14.2 Å². The number of carbonyl (C=O) groups is 2. The second kappa shape index (κ2) is 7.08. The predicted octanol–water partition coefficient (Wildman–Crippen LogP) is 1.19. The summed E-state index contributed by atoms with van der Waals surface area (Å²) in [6.07, 6.45) is 0. The van der Waals surface area contributed by atoms with E-state index in [0.717, 1.165) is 0 Å². The zero-order valence-electron chi connectivity index (χ0n) is 12.7. The molecule has 1 rings (SSSR count). The Morgan fingerprint density at radius 1 is 1.29 bits per heavy atom. The van der Waals surface area contributed by atoms with Crippen molar-refractivity contribution in [3.63, 3.8) is 0 Å². The molecule has 0 aliphatic rings. The maximum Gasteiger partial charge on any atom is 0.328 e. The van der Waals surface area contributed by atoms with E-state index in [2.05, 4.69) is 5.32 Å². The molecule has 0 aliphatic carbocycles. The average Bonchev–Trinajstić information content (AvgIpc) is 2.46. The lowest BCUT2D eigenvalue weighted by atomic mass is 9.83. The molecule has 6 heteroatoms. The second-order valence-corrected chi connectivity index (χ2v) is 5.14. The van der Waals surface area contributed by atoms with Crippen LogP contribution in [0, 0.1) is 0 Å². The van der Waals surface area contributed by atoms with Crippen LogP contribution in [-0.2, 0) is 19.7 Å². The fourth-order valence-electron chi connectivity index (χ4n) is 1.96. The van der Waals surface area contributed by atoms with E-state index in [4.69, 9.17) is 14.6 Å². The highest BCUT2D eigenvalue weighted by Crippen LogP contribution is 2.31. The molecule has 116 valence electrons. The Kier molecular flexibility index (Phi) is 5.72. The first-order chi connectivity index (χ1) is 9.84. The summed E-state index contributed by atoms with van der Waals surface area (Å²) in [5, 5.41) is 11.6. The number of methoxy groups -OCH3 is 2. The molecule has 0 saturated heterocycles. The highest BCUT2D eigenvalue weighted by atomic mass is 16.5. The number of aliphatic carboxylic acids is 1. The van der Waals surface area contributed by atoms with Crippen LogP contribution in [0.5, 0.6) is 5.75 Å². The first kappa shape index (κ1) is 17.0. The number of carbonyl (C=O) groups excluding carboxylic acids is 1. The summed E-state index contributed by atoms with van der Waals surface area (Å²) in [6.45, 7) is 3.33. The molecule has 0 heterocycles. The van der Waals surface area contributed by atoms with E-state index >= 15 is 0 Å². The van der Waals surface area contributed by atoms with Crippen molar-refractivity contribution in [2.45, 2.75) is 25.3 Å². The van der Waals surface area contributed by atoms with Crippen LogP contribution in [0.15, 0.2) is 24.3 Å².